The molecule has 13 heteroatoms. The molecule has 154 valence electrons. The number of nitrogens with zero attached hydrogens (tertiary/aromatic N) is 3. The van der Waals surface area contributed by atoms with Crippen molar-refractivity contribution in [2.75, 3.05) is 13.2 Å². The van der Waals surface area contributed by atoms with Crippen LogP contribution < -0.4 is 0 Å². The molecule has 4 rings (SSSR count). The van der Waals surface area contributed by atoms with Gasteiger partial charge in [0, 0.05) is 0 Å². The quantitative estimate of drug-likeness (QED) is 0.587. The van der Waals surface area contributed by atoms with Crippen LogP contribution in [0.2, 0.25) is 0 Å². The van der Waals surface area contributed by atoms with Gasteiger partial charge in [0.2, 0.25) is 5.69 Å². The minimum atomic E-state index is -4.06. The van der Waals surface area contributed by atoms with Gasteiger partial charge in [-0.3, -0.25) is 4.18 Å². The number of hydrogen-bond donors (Lipinski definition) is 2. The molecule has 4 atom stereocenters. The Morgan fingerprint density at radius 2 is 1.76 bits per heavy atom. The van der Waals surface area contributed by atoms with E-state index in [2.05, 4.69) is 10.3 Å². The Morgan fingerprint density at radius 1 is 1.07 bits per heavy atom. The van der Waals surface area contributed by atoms with Crippen molar-refractivity contribution in [1.82, 2.24) is 15.0 Å². The highest BCUT2D eigenvalue weighted by molar-refractivity contribution is 7.86. The number of aromatic nitrogens is 3. The second-order valence-electron chi connectivity index (χ2n) is 6.41. The topological polar surface area (TPSA) is 167 Å². The zero-order chi connectivity index (χ0) is 20.8. The molecule has 2 aliphatic rings. The van der Waals surface area contributed by atoms with Gasteiger partial charge in [-0.15, -0.1) is 5.10 Å². The molecule has 0 bridgehead atoms. The number of benzene rings is 1. The number of carboxylic acids is 2. The van der Waals surface area contributed by atoms with Gasteiger partial charge in [0.1, 0.15) is 24.4 Å². The molecule has 0 aliphatic carbocycles. The third-order valence-corrected chi connectivity index (χ3v) is 6.03. The largest absolute Gasteiger partial charge is 0.476 e. The first-order valence-electron chi connectivity index (χ1n) is 8.43. The lowest BCUT2D eigenvalue weighted by atomic mass is 10.1. The number of hydrogen-bond acceptors (Lipinski definition) is 9. The van der Waals surface area contributed by atoms with E-state index in [0.717, 1.165) is 4.68 Å². The van der Waals surface area contributed by atoms with E-state index in [4.69, 9.17) is 18.8 Å². The molecule has 0 spiro atoms. The third-order valence-electron chi connectivity index (χ3n) is 4.68. The summed E-state index contributed by atoms with van der Waals surface area (Å²) >= 11 is 0. The lowest BCUT2D eigenvalue weighted by molar-refractivity contribution is 0.0323. The second kappa shape index (κ2) is 7.18. The summed E-state index contributed by atoms with van der Waals surface area (Å²) in [5, 5.41) is 25.5. The maximum Gasteiger partial charge on any atom is 0.359 e. The van der Waals surface area contributed by atoms with Gasteiger partial charge < -0.3 is 19.7 Å². The predicted molar refractivity (Wildman–Crippen MR) is 91.0 cm³/mol. The van der Waals surface area contributed by atoms with Crippen LogP contribution in [0.15, 0.2) is 35.2 Å². The number of fused-ring (bicyclic) bond motifs is 1. The van der Waals surface area contributed by atoms with Crippen molar-refractivity contribution in [3.8, 4) is 0 Å². The summed E-state index contributed by atoms with van der Waals surface area (Å²) in [7, 11) is -4.06. The molecule has 0 unspecified atom stereocenters. The lowest BCUT2D eigenvalue weighted by Crippen LogP contribution is -2.34. The van der Waals surface area contributed by atoms with Gasteiger partial charge in [-0.05, 0) is 12.1 Å². The van der Waals surface area contributed by atoms with E-state index in [-0.39, 0.29) is 18.1 Å². The van der Waals surface area contributed by atoms with Crippen LogP contribution in [0, 0.1) is 0 Å². The maximum absolute atomic E-state index is 12.4. The molecule has 2 aromatic rings. The van der Waals surface area contributed by atoms with E-state index >= 15 is 0 Å². The van der Waals surface area contributed by atoms with Crippen LogP contribution in [-0.4, -0.2) is 77.1 Å². The minimum absolute atomic E-state index is 0.0199. The Bertz CT molecular complexity index is 1050. The zero-order valence-corrected chi connectivity index (χ0v) is 15.4. The molecule has 29 heavy (non-hydrogen) atoms. The fraction of sp³-hybridized carbons (Fsp3) is 0.375. The van der Waals surface area contributed by atoms with E-state index in [1.807, 2.05) is 0 Å². The molecule has 2 N–H and O–H groups in total. The van der Waals surface area contributed by atoms with Gasteiger partial charge in [0.15, 0.2) is 5.69 Å². The first-order chi connectivity index (χ1) is 13.8. The second-order valence-corrected chi connectivity index (χ2v) is 7.98. The predicted octanol–water partition coefficient (Wildman–Crippen LogP) is -0.213. The standard InChI is InChI=1S/C16H15N3O9S/c20-15(21)11-12(16(22)23)19(18-17-11)9-6-26-14-10(7-27-13(9)14)28-29(24,25)8-4-2-1-3-5-8/h1-5,9-10,13-14H,6-7H2,(H,20,21)(H,22,23)/t9-,10-,13-,14+/m0/s1. The molecule has 2 saturated heterocycles. The van der Waals surface area contributed by atoms with Crippen LogP contribution >= 0.6 is 0 Å². The summed E-state index contributed by atoms with van der Waals surface area (Å²) < 4.78 is 42.3. The molecule has 2 aliphatic heterocycles. The summed E-state index contributed by atoms with van der Waals surface area (Å²) in [6.07, 6.45) is -2.55. The van der Waals surface area contributed by atoms with Gasteiger partial charge in [0.05, 0.1) is 18.1 Å². The van der Waals surface area contributed by atoms with Crippen LogP contribution in [-0.2, 0) is 23.8 Å². The van der Waals surface area contributed by atoms with E-state index in [0.29, 0.717) is 0 Å². The van der Waals surface area contributed by atoms with E-state index in [1.165, 1.54) is 12.1 Å². The monoisotopic (exact) mass is 425 g/mol. The van der Waals surface area contributed by atoms with Crippen molar-refractivity contribution in [3.05, 3.63) is 41.7 Å². The summed E-state index contributed by atoms with van der Waals surface area (Å²) in [6.45, 7) is -0.190. The van der Waals surface area contributed by atoms with Crippen LogP contribution in [0.25, 0.3) is 0 Å². The van der Waals surface area contributed by atoms with Gasteiger partial charge in [-0.2, -0.15) is 8.42 Å². The Labute approximate surface area is 163 Å². The summed E-state index contributed by atoms with van der Waals surface area (Å²) in [5.74, 6) is -3.06. The summed E-state index contributed by atoms with van der Waals surface area (Å²) in [6, 6.07) is 6.77. The highest BCUT2D eigenvalue weighted by atomic mass is 32.2. The molecule has 12 nitrogen and oxygen atoms in total. The average molecular weight is 425 g/mol. The van der Waals surface area contributed by atoms with Crippen LogP contribution in [0.4, 0.5) is 0 Å². The Hall–Kier alpha value is -2.87. The van der Waals surface area contributed by atoms with Crippen molar-refractivity contribution < 1.29 is 41.9 Å². The summed E-state index contributed by atoms with van der Waals surface area (Å²) in [4.78, 5) is 22.7. The minimum Gasteiger partial charge on any atom is -0.476 e. The number of rotatable bonds is 6. The first-order valence-corrected chi connectivity index (χ1v) is 9.83. The fourth-order valence-electron chi connectivity index (χ4n) is 3.41. The van der Waals surface area contributed by atoms with Crippen LogP contribution in [0.1, 0.15) is 27.0 Å². The molecule has 0 saturated carbocycles. The van der Waals surface area contributed by atoms with Crippen molar-refractivity contribution in [1.29, 1.82) is 0 Å². The Kier molecular flexibility index (Phi) is 4.82. The number of carbonyl (C=O) groups is 2. The molecule has 0 amide bonds. The number of ether oxygens (including phenoxy) is 2. The Morgan fingerprint density at radius 3 is 2.41 bits per heavy atom. The molecule has 1 aromatic carbocycles. The van der Waals surface area contributed by atoms with Crippen molar-refractivity contribution in [3.63, 3.8) is 0 Å². The third kappa shape index (κ3) is 3.37. The van der Waals surface area contributed by atoms with Crippen molar-refractivity contribution >= 4 is 22.1 Å². The van der Waals surface area contributed by atoms with E-state index in [9.17, 15) is 23.1 Å². The molecule has 3 heterocycles. The lowest BCUT2D eigenvalue weighted by Gasteiger charge is -2.17. The van der Waals surface area contributed by atoms with Crippen molar-refractivity contribution in [2.24, 2.45) is 0 Å². The van der Waals surface area contributed by atoms with E-state index in [1.54, 1.807) is 18.2 Å². The van der Waals surface area contributed by atoms with Crippen LogP contribution in [0.3, 0.4) is 0 Å². The Balaban J connectivity index is 1.56. The maximum atomic E-state index is 12.4. The van der Waals surface area contributed by atoms with Gasteiger partial charge in [-0.25, -0.2) is 14.3 Å². The SMILES string of the molecule is O=C(O)c1nnn([C@H]2CO[C@H]3[C@H]2OC[C@@H]3OS(=O)(=O)c2ccccc2)c1C(=O)O. The van der Waals surface area contributed by atoms with Crippen LogP contribution in [0.5, 0.6) is 0 Å². The highest BCUT2D eigenvalue weighted by Gasteiger charge is 2.52. The van der Waals surface area contributed by atoms with Gasteiger partial charge in [-0.1, -0.05) is 23.4 Å². The molecular formula is C16H15N3O9S. The molecule has 0 radical (unpaired) electrons. The van der Waals surface area contributed by atoms with Gasteiger partial charge in [0.25, 0.3) is 10.1 Å². The number of carboxylic acid groups (broad SMARTS) is 2. The normalized spacial score (nSPS) is 26.3. The zero-order valence-electron chi connectivity index (χ0n) is 14.6. The molecular weight excluding hydrogens is 410 g/mol. The smallest absolute Gasteiger partial charge is 0.359 e. The molecule has 2 fully saturated rings. The summed E-state index contributed by atoms with van der Waals surface area (Å²) in [5.41, 5.74) is -1.32. The van der Waals surface area contributed by atoms with Gasteiger partial charge >= 0.3 is 11.9 Å². The highest BCUT2D eigenvalue weighted by Crippen LogP contribution is 2.37. The number of aromatic carboxylic acids is 2. The molecule has 1 aromatic heterocycles. The van der Waals surface area contributed by atoms with E-state index < -0.39 is 57.8 Å². The van der Waals surface area contributed by atoms with Crippen molar-refractivity contribution in [2.45, 2.75) is 29.2 Å². The first kappa shape index (κ1) is 19.4. The average Bonchev–Trinajstić information content (AvgIpc) is 3.37. The fourth-order valence-corrected chi connectivity index (χ4v) is 4.50.